The summed E-state index contributed by atoms with van der Waals surface area (Å²) >= 11 is 0. The molecule has 1 aliphatic rings. The van der Waals surface area contributed by atoms with Crippen molar-refractivity contribution in [1.29, 1.82) is 0 Å². The SMILES string of the molecule is COCCCC(NC(=O)NCCCC1CCCC1)C(=O)O. The van der Waals surface area contributed by atoms with E-state index < -0.39 is 18.0 Å². The van der Waals surface area contributed by atoms with Crippen molar-refractivity contribution in [3.8, 4) is 0 Å². The number of aliphatic carboxylic acids is 1. The molecule has 0 spiro atoms. The highest BCUT2D eigenvalue weighted by molar-refractivity contribution is 5.82. The highest BCUT2D eigenvalue weighted by atomic mass is 16.5. The topological polar surface area (TPSA) is 87.7 Å². The number of carbonyl (C=O) groups excluding carboxylic acids is 1. The average molecular weight is 300 g/mol. The zero-order valence-electron chi connectivity index (χ0n) is 12.9. The molecule has 1 saturated carbocycles. The van der Waals surface area contributed by atoms with Crippen LogP contribution in [0, 0.1) is 5.92 Å². The van der Waals surface area contributed by atoms with Crippen LogP contribution >= 0.6 is 0 Å². The molecule has 0 bridgehead atoms. The van der Waals surface area contributed by atoms with Crippen LogP contribution in [0.3, 0.4) is 0 Å². The van der Waals surface area contributed by atoms with E-state index in [0.29, 0.717) is 26.0 Å². The number of carboxylic acid groups (broad SMARTS) is 1. The van der Waals surface area contributed by atoms with Gasteiger partial charge >= 0.3 is 12.0 Å². The van der Waals surface area contributed by atoms with Crippen molar-refractivity contribution in [2.24, 2.45) is 5.92 Å². The summed E-state index contributed by atoms with van der Waals surface area (Å²) in [5, 5.41) is 14.3. The van der Waals surface area contributed by atoms with Gasteiger partial charge in [0.15, 0.2) is 0 Å². The van der Waals surface area contributed by atoms with E-state index in [1.165, 1.54) is 25.7 Å². The van der Waals surface area contributed by atoms with Crippen LogP contribution in [0.5, 0.6) is 0 Å². The van der Waals surface area contributed by atoms with Crippen molar-refractivity contribution in [1.82, 2.24) is 10.6 Å². The third-order valence-electron chi connectivity index (χ3n) is 3.99. The van der Waals surface area contributed by atoms with Crippen LogP contribution in [0.4, 0.5) is 4.79 Å². The lowest BCUT2D eigenvalue weighted by Gasteiger charge is -2.15. The van der Waals surface area contributed by atoms with Gasteiger partial charge in [0.2, 0.25) is 0 Å². The number of carboxylic acids is 1. The molecule has 1 aliphatic carbocycles. The first kappa shape index (κ1) is 17.8. The molecule has 0 aromatic heterocycles. The Labute approximate surface area is 126 Å². The minimum atomic E-state index is -1.01. The van der Waals surface area contributed by atoms with E-state index in [2.05, 4.69) is 10.6 Å². The van der Waals surface area contributed by atoms with Gasteiger partial charge in [-0.25, -0.2) is 9.59 Å². The standard InChI is InChI=1S/C15H28N2O4/c1-21-11-5-9-13(14(18)19)17-15(20)16-10-4-8-12-6-2-3-7-12/h12-13H,2-11H2,1H3,(H,18,19)(H2,16,17,20). The normalized spacial score (nSPS) is 16.6. The third kappa shape index (κ3) is 7.90. The van der Waals surface area contributed by atoms with Crippen LogP contribution in [0.25, 0.3) is 0 Å². The zero-order chi connectivity index (χ0) is 15.5. The number of rotatable bonds is 10. The fourth-order valence-electron chi connectivity index (χ4n) is 2.79. The zero-order valence-corrected chi connectivity index (χ0v) is 12.9. The average Bonchev–Trinajstić information content (AvgIpc) is 2.96. The van der Waals surface area contributed by atoms with Gasteiger partial charge in [-0.3, -0.25) is 0 Å². The lowest BCUT2D eigenvalue weighted by atomic mass is 10.0. The highest BCUT2D eigenvalue weighted by Gasteiger charge is 2.19. The maximum atomic E-state index is 11.7. The fourth-order valence-corrected chi connectivity index (χ4v) is 2.79. The predicted molar refractivity (Wildman–Crippen MR) is 80.3 cm³/mol. The molecule has 1 unspecified atom stereocenters. The summed E-state index contributed by atoms with van der Waals surface area (Å²) in [4.78, 5) is 22.7. The number of urea groups is 1. The van der Waals surface area contributed by atoms with E-state index in [0.717, 1.165) is 18.8 Å². The van der Waals surface area contributed by atoms with Crippen LogP contribution in [0.2, 0.25) is 0 Å². The molecular formula is C15H28N2O4. The first-order valence-electron chi connectivity index (χ1n) is 7.89. The van der Waals surface area contributed by atoms with Crippen molar-refractivity contribution >= 4 is 12.0 Å². The third-order valence-corrected chi connectivity index (χ3v) is 3.99. The molecule has 0 aliphatic heterocycles. The van der Waals surface area contributed by atoms with Crippen LogP contribution < -0.4 is 10.6 Å². The molecule has 0 aromatic carbocycles. The quantitative estimate of drug-likeness (QED) is 0.539. The van der Waals surface area contributed by atoms with E-state index >= 15 is 0 Å². The largest absolute Gasteiger partial charge is 0.480 e. The number of nitrogens with one attached hydrogen (secondary N) is 2. The van der Waals surface area contributed by atoms with Crippen LogP contribution in [0.1, 0.15) is 51.4 Å². The van der Waals surface area contributed by atoms with Gasteiger partial charge < -0.3 is 20.5 Å². The van der Waals surface area contributed by atoms with Gasteiger partial charge in [-0.05, 0) is 31.6 Å². The Kier molecular flexibility index (Phi) is 8.82. The number of ether oxygens (including phenoxy) is 1. The number of amides is 2. The van der Waals surface area contributed by atoms with Gasteiger partial charge in [0, 0.05) is 20.3 Å². The summed E-state index contributed by atoms with van der Waals surface area (Å²) in [5.74, 6) is -0.192. The van der Waals surface area contributed by atoms with E-state index in [4.69, 9.17) is 9.84 Å². The summed E-state index contributed by atoms with van der Waals surface area (Å²) < 4.78 is 4.88. The minimum Gasteiger partial charge on any atom is -0.480 e. The molecule has 2 amide bonds. The molecule has 0 aromatic rings. The molecule has 0 heterocycles. The lowest BCUT2D eigenvalue weighted by Crippen LogP contribution is -2.46. The van der Waals surface area contributed by atoms with Crippen molar-refractivity contribution < 1.29 is 19.4 Å². The van der Waals surface area contributed by atoms with Gasteiger partial charge in [0.25, 0.3) is 0 Å². The Bertz CT molecular complexity index is 317. The smallest absolute Gasteiger partial charge is 0.326 e. The molecule has 3 N–H and O–H groups in total. The van der Waals surface area contributed by atoms with E-state index in [1.54, 1.807) is 7.11 Å². The maximum absolute atomic E-state index is 11.7. The summed E-state index contributed by atoms with van der Waals surface area (Å²) in [7, 11) is 1.57. The second-order valence-corrected chi connectivity index (χ2v) is 5.72. The molecule has 1 fully saturated rings. The summed E-state index contributed by atoms with van der Waals surface area (Å²) in [6.45, 7) is 1.10. The molecule has 122 valence electrons. The number of hydrogen-bond acceptors (Lipinski definition) is 3. The maximum Gasteiger partial charge on any atom is 0.326 e. The van der Waals surface area contributed by atoms with Crippen LogP contribution in [0.15, 0.2) is 0 Å². The summed E-state index contributed by atoms with van der Waals surface area (Å²) in [5.41, 5.74) is 0. The van der Waals surface area contributed by atoms with Crippen LogP contribution in [-0.4, -0.2) is 43.4 Å². The Balaban J connectivity index is 2.12. The molecule has 1 atom stereocenters. The number of carbonyl (C=O) groups is 2. The molecule has 1 rings (SSSR count). The Hall–Kier alpha value is -1.30. The fraction of sp³-hybridized carbons (Fsp3) is 0.867. The second kappa shape index (κ2) is 10.4. The first-order valence-corrected chi connectivity index (χ1v) is 7.89. The van der Waals surface area contributed by atoms with Gasteiger partial charge in [0.05, 0.1) is 0 Å². The summed E-state index contributed by atoms with van der Waals surface area (Å²) in [6.07, 6.45) is 8.38. The highest BCUT2D eigenvalue weighted by Crippen LogP contribution is 2.28. The Morgan fingerprint density at radius 1 is 1.29 bits per heavy atom. The van der Waals surface area contributed by atoms with Gasteiger partial charge in [-0.15, -0.1) is 0 Å². The predicted octanol–water partition coefficient (Wildman–Crippen LogP) is 2.14. The lowest BCUT2D eigenvalue weighted by molar-refractivity contribution is -0.139. The van der Waals surface area contributed by atoms with Crippen molar-refractivity contribution in [2.45, 2.75) is 57.4 Å². The molecule has 0 radical (unpaired) electrons. The van der Waals surface area contributed by atoms with E-state index in [9.17, 15) is 9.59 Å². The number of hydrogen-bond donors (Lipinski definition) is 3. The van der Waals surface area contributed by atoms with Crippen molar-refractivity contribution in [3.63, 3.8) is 0 Å². The number of methoxy groups -OCH3 is 1. The second-order valence-electron chi connectivity index (χ2n) is 5.72. The molecule has 0 saturated heterocycles. The van der Waals surface area contributed by atoms with Gasteiger partial charge in [-0.2, -0.15) is 0 Å². The minimum absolute atomic E-state index is 0.374. The van der Waals surface area contributed by atoms with Gasteiger partial charge in [-0.1, -0.05) is 25.7 Å². The van der Waals surface area contributed by atoms with Gasteiger partial charge in [0.1, 0.15) is 6.04 Å². The van der Waals surface area contributed by atoms with E-state index in [-0.39, 0.29) is 0 Å². The first-order chi connectivity index (χ1) is 10.1. The Morgan fingerprint density at radius 2 is 2.00 bits per heavy atom. The van der Waals surface area contributed by atoms with Crippen molar-refractivity contribution in [2.75, 3.05) is 20.3 Å². The Morgan fingerprint density at radius 3 is 2.62 bits per heavy atom. The molecule has 21 heavy (non-hydrogen) atoms. The van der Waals surface area contributed by atoms with Crippen LogP contribution in [-0.2, 0) is 9.53 Å². The molecular weight excluding hydrogens is 272 g/mol. The van der Waals surface area contributed by atoms with Crippen molar-refractivity contribution in [3.05, 3.63) is 0 Å². The molecule has 6 nitrogen and oxygen atoms in total. The summed E-state index contributed by atoms with van der Waals surface area (Å²) in [6, 6.07) is -1.25. The van der Waals surface area contributed by atoms with E-state index in [1.807, 2.05) is 0 Å². The molecule has 6 heteroatoms. The monoisotopic (exact) mass is 300 g/mol.